The van der Waals surface area contributed by atoms with E-state index in [2.05, 4.69) is 5.32 Å². The van der Waals surface area contributed by atoms with E-state index in [0.29, 0.717) is 23.0 Å². The lowest BCUT2D eigenvalue weighted by atomic mass is 9.94. The van der Waals surface area contributed by atoms with Crippen molar-refractivity contribution >= 4 is 5.91 Å². The predicted molar refractivity (Wildman–Crippen MR) is 95.9 cm³/mol. The van der Waals surface area contributed by atoms with Crippen molar-refractivity contribution in [3.05, 3.63) is 35.9 Å². The number of carbonyl (C=O) groups is 1. The van der Waals surface area contributed by atoms with E-state index in [1.807, 2.05) is 24.3 Å². The van der Waals surface area contributed by atoms with Crippen molar-refractivity contribution < 1.29 is 23.7 Å². The number of amides is 1. The van der Waals surface area contributed by atoms with E-state index < -0.39 is 0 Å². The van der Waals surface area contributed by atoms with Gasteiger partial charge in [0.2, 0.25) is 5.91 Å². The Hall–Kier alpha value is -2.89. The van der Waals surface area contributed by atoms with E-state index in [0.717, 1.165) is 16.7 Å². The van der Waals surface area contributed by atoms with Gasteiger partial charge in [-0.1, -0.05) is 18.2 Å². The number of methoxy groups -OCH3 is 4. The number of ether oxygens (including phenoxy) is 4. The zero-order chi connectivity index (χ0) is 18.4. The summed E-state index contributed by atoms with van der Waals surface area (Å²) >= 11 is 0. The Balaban J connectivity index is 2.79. The molecule has 25 heavy (non-hydrogen) atoms. The molecule has 0 aliphatic rings. The van der Waals surface area contributed by atoms with E-state index in [9.17, 15) is 4.79 Å². The molecule has 0 aliphatic heterocycles. The molecule has 6 heteroatoms. The fourth-order valence-electron chi connectivity index (χ4n) is 2.76. The number of likely N-dealkylation sites (N-methyl/N-ethyl adjacent to an activating group) is 1. The highest BCUT2D eigenvalue weighted by molar-refractivity contribution is 5.87. The number of nitrogens with one attached hydrogen (secondary N) is 1. The van der Waals surface area contributed by atoms with Gasteiger partial charge in [0.25, 0.3) is 0 Å². The topological polar surface area (TPSA) is 66.0 Å². The minimum absolute atomic E-state index is 0.102. The second-order valence-corrected chi connectivity index (χ2v) is 5.23. The van der Waals surface area contributed by atoms with Gasteiger partial charge in [-0.15, -0.1) is 0 Å². The molecule has 0 bridgehead atoms. The number of benzene rings is 2. The van der Waals surface area contributed by atoms with Crippen LogP contribution in [0, 0.1) is 0 Å². The third-order valence-corrected chi connectivity index (χ3v) is 3.93. The molecule has 0 saturated carbocycles. The van der Waals surface area contributed by atoms with Gasteiger partial charge in [0.15, 0.2) is 23.0 Å². The number of para-hydroxylation sites is 1. The summed E-state index contributed by atoms with van der Waals surface area (Å²) < 4.78 is 22.0. The number of carbonyl (C=O) groups excluding carboxylic acids is 1. The highest BCUT2D eigenvalue weighted by Crippen LogP contribution is 2.46. The van der Waals surface area contributed by atoms with Crippen LogP contribution in [0.4, 0.5) is 0 Å². The van der Waals surface area contributed by atoms with E-state index in [-0.39, 0.29) is 12.3 Å². The second-order valence-electron chi connectivity index (χ2n) is 5.23. The van der Waals surface area contributed by atoms with E-state index in [1.54, 1.807) is 41.6 Å². The van der Waals surface area contributed by atoms with Gasteiger partial charge in [0.05, 0.1) is 34.9 Å². The lowest BCUT2D eigenvalue weighted by Gasteiger charge is -2.20. The van der Waals surface area contributed by atoms with Gasteiger partial charge in [-0.3, -0.25) is 4.79 Å². The van der Waals surface area contributed by atoms with Gasteiger partial charge in [0, 0.05) is 18.2 Å². The van der Waals surface area contributed by atoms with Crippen LogP contribution in [0.3, 0.4) is 0 Å². The minimum atomic E-state index is -0.102. The first-order valence-electron chi connectivity index (χ1n) is 7.77. The summed E-state index contributed by atoms with van der Waals surface area (Å²) in [7, 11) is 7.90. The van der Waals surface area contributed by atoms with Crippen LogP contribution in [-0.2, 0) is 11.2 Å². The van der Waals surface area contributed by atoms with Gasteiger partial charge in [0.1, 0.15) is 0 Å². The maximum Gasteiger partial charge on any atom is 0.224 e. The highest BCUT2D eigenvalue weighted by atomic mass is 16.5. The molecule has 0 heterocycles. The summed E-state index contributed by atoms with van der Waals surface area (Å²) in [5.41, 5.74) is 2.29. The summed E-state index contributed by atoms with van der Waals surface area (Å²) in [6, 6.07) is 9.21. The SMILES string of the molecule is CNC(=O)Cc1ccc(OC)c(OC)c1-c1cccc(OC)c1OC. The van der Waals surface area contributed by atoms with Crippen molar-refractivity contribution in [3.8, 4) is 34.1 Å². The zero-order valence-electron chi connectivity index (χ0n) is 15.1. The Labute approximate surface area is 147 Å². The van der Waals surface area contributed by atoms with Gasteiger partial charge < -0.3 is 24.3 Å². The smallest absolute Gasteiger partial charge is 0.224 e. The van der Waals surface area contributed by atoms with Crippen molar-refractivity contribution in [3.63, 3.8) is 0 Å². The number of rotatable bonds is 7. The van der Waals surface area contributed by atoms with Crippen LogP contribution in [0.15, 0.2) is 30.3 Å². The maximum atomic E-state index is 12.0. The summed E-state index contributed by atoms with van der Waals surface area (Å²) in [6.07, 6.45) is 0.201. The fraction of sp³-hybridized carbons (Fsp3) is 0.316. The molecule has 0 fully saturated rings. The third kappa shape index (κ3) is 3.63. The molecule has 134 valence electrons. The van der Waals surface area contributed by atoms with Crippen LogP contribution < -0.4 is 24.3 Å². The average molecular weight is 345 g/mol. The summed E-state index contributed by atoms with van der Waals surface area (Å²) in [6.45, 7) is 0. The van der Waals surface area contributed by atoms with Crippen molar-refractivity contribution in [2.24, 2.45) is 0 Å². The van der Waals surface area contributed by atoms with E-state index >= 15 is 0 Å². The molecular weight excluding hydrogens is 322 g/mol. The summed E-state index contributed by atoms with van der Waals surface area (Å²) in [5.74, 6) is 2.17. The summed E-state index contributed by atoms with van der Waals surface area (Å²) in [4.78, 5) is 12.0. The lowest BCUT2D eigenvalue weighted by Crippen LogP contribution is -2.20. The Morgan fingerprint density at radius 3 is 2.08 bits per heavy atom. The maximum absolute atomic E-state index is 12.0. The molecule has 1 N–H and O–H groups in total. The van der Waals surface area contributed by atoms with E-state index in [1.165, 1.54) is 0 Å². The van der Waals surface area contributed by atoms with Gasteiger partial charge in [-0.2, -0.15) is 0 Å². The first kappa shape index (κ1) is 18.4. The molecule has 2 aromatic carbocycles. The zero-order valence-corrected chi connectivity index (χ0v) is 15.1. The molecule has 0 radical (unpaired) electrons. The quantitative estimate of drug-likeness (QED) is 0.836. The van der Waals surface area contributed by atoms with Gasteiger partial charge in [-0.25, -0.2) is 0 Å². The number of hydrogen-bond acceptors (Lipinski definition) is 5. The largest absolute Gasteiger partial charge is 0.493 e. The molecular formula is C19H23NO5. The number of hydrogen-bond donors (Lipinski definition) is 1. The van der Waals surface area contributed by atoms with Crippen LogP contribution in [0.25, 0.3) is 11.1 Å². The molecule has 0 aliphatic carbocycles. The van der Waals surface area contributed by atoms with Crippen LogP contribution in [0.5, 0.6) is 23.0 Å². The average Bonchev–Trinajstić information content (AvgIpc) is 2.66. The molecule has 0 aromatic heterocycles. The Kier molecular flexibility index (Phi) is 6.11. The second kappa shape index (κ2) is 8.28. The molecule has 1 amide bonds. The molecule has 2 aromatic rings. The van der Waals surface area contributed by atoms with Crippen molar-refractivity contribution in [2.45, 2.75) is 6.42 Å². The van der Waals surface area contributed by atoms with Gasteiger partial charge >= 0.3 is 0 Å². The Morgan fingerprint density at radius 1 is 0.880 bits per heavy atom. The van der Waals surface area contributed by atoms with Crippen molar-refractivity contribution in [1.29, 1.82) is 0 Å². The Bertz CT molecular complexity index is 758. The van der Waals surface area contributed by atoms with Crippen LogP contribution >= 0.6 is 0 Å². The molecule has 0 spiro atoms. The van der Waals surface area contributed by atoms with E-state index in [4.69, 9.17) is 18.9 Å². The van der Waals surface area contributed by atoms with Crippen LogP contribution in [0.1, 0.15) is 5.56 Å². The molecule has 6 nitrogen and oxygen atoms in total. The fourth-order valence-corrected chi connectivity index (χ4v) is 2.76. The first-order chi connectivity index (χ1) is 12.1. The minimum Gasteiger partial charge on any atom is -0.493 e. The van der Waals surface area contributed by atoms with Crippen LogP contribution in [-0.4, -0.2) is 41.4 Å². The molecule has 0 atom stereocenters. The lowest BCUT2D eigenvalue weighted by molar-refractivity contribution is -0.119. The monoisotopic (exact) mass is 345 g/mol. The molecule has 0 saturated heterocycles. The Morgan fingerprint density at radius 2 is 1.52 bits per heavy atom. The highest BCUT2D eigenvalue weighted by Gasteiger charge is 2.22. The molecule has 2 rings (SSSR count). The predicted octanol–water partition coefficient (Wildman–Crippen LogP) is 2.68. The first-order valence-corrected chi connectivity index (χ1v) is 7.77. The standard InChI is InChI=1S/C19H23NO5/c1-20-16(21)11-12-9-10-15(23-3)19(25-5)17(12)13-7-6-8-14(22-2)18(13)24-4/h6-10H,11H2,1-5H3,(H,20,21). The summed E-state index contributed by atoms with van der Waals surface area (Å²) in [5, 5.41) is 2.64. The van der Waals surface area contributed by atoms with Crippen molar-refractivity contribution in [2.75, 3.05) is 35.5 Å². The van der Waals surface area contributed by atoms with Crippen LogP contribution in [0.2, 0.25) is 0 Å². The normalized spacial score (nSPS) is 10.1. The van der Waals surface area contributed by atoms with Gasteiger partial charge in [-0.05, 0) is 17.7 Å². The third-order valence-electron chi connectivity index (χ3n) is 3.93. The van der Waals surface area contributed by atoms with Crippen molar-refractivity contribution in [1.82, 2.24) is 5.32 Å². The molecule has 0 unspecified atom stereocenters.